The van der Waals surface area contributed by atoms with E-state index in [9.17, 15) is 4.79 Å². The third-order valence-electron chi connectivity index (χ3n) is 1.58. The molecule has 16 heavy (non-hydrogen) atoms. The highest BCUT2D eigenvalue weighted by atomic mass is 79.9. The van der Waals surface area contributed by atoms with Crippen LogP contribution in [0.25, 0.3) is 0 Å². The van der Waals surface area contributed by atoms with Gasteiger partial charge in [-0.3, -0.25) is 0 Å². The molecule has 0 bridgehead atoms. The molecule has 0 saturated carbocycles. The second-order valence-electron chi connectivity index (χ2n) is 2.77. The van der Waals surface area contributed by atoms with Gasteiger partial charge in [0, 0.05) is 10.4 Å². The van der Waals surface area contributed by atoms with Gasteiger partial charge in [-0.15, -0.1) is 0 Å². The van der Waals surface area contributed by atoms with Crippen molar-refractivity contribution in [1.29, 1.82) is 0 Å². The first-order valence-electron chi connectivity index (χ1n) is 4.43. The lowest BCUT2D eigenvalue weighted by Crippen LogP contribution is -2.16. The summed E-state index contributed by atoms with van der Waals surface area (Å²) in [5, 5.41) is 1.47. The molecule has 88 valence electrons. The molecule has 0 N–H and O–H groups in total. The van der Waals surface area contributed by atoms with Gasteiger partial charge in [-0.25, -0.2) is 4.79 Å². The van der Waals surface area contributed by atoms with E-state index in [1.165, 1.54) is 0 Å². The van der Waals surface area contributed by atoms with E-state index >= 15 is 0 Å². The van der Waals surface area contributed by atoms with Crippen LogP contribution in [0.1, 0.15) is 0 Å². The maximum atomic E-state index is 11.1. The Bertz CT molecular complexity index is 371. The Hall–Kier alpha value is -0.450. The summed E-state index contributed by atoms with van der Waals surface area (Å²) in [7, 11) is 0. The van der Waals surface area contributed by atoms with Crippen molar-refractivity contribution in [2.45, 2.75) is 0 Å². The molecule has 0 atom stereocenters. The number of alkyl halides is 1. The summed E-state index contributed by atoms with van der Waals surface area (Å²) >= 11 is 14.7. The topological polar surface area (TPSA) is 35.5 Å². The molecule has 0 heterocycles. The minimum atomic E-state index is -0.439. The van der Waals surface area contributed by atoms with Crippen LogP contribution in [0.5, 0.6) is 5.75 Å². The predicted molar refractivity (Wildman–Crippen MR) is 66.7 cm³/mol. The number of hydrogen-bond acceptors (Lipinski definition) is 3. The Kier molecular flexibility index (Phi) is 5.95. The summed E-state index contributed by atoms with van der Waals surface area (Å²) in [6.45, 7) is 0.144. The van der Waals surface area contributed by atoms with E-state index in [1.54, 1.807) is 18.2 Å². The van der Waals surface area contributed by atoms with Crippen LogP contribution in [-0.2, 0) is 9.53 Å². The van der Waals surface area contributed by atoms with Crippen molar-refractivity contribution in [3.8, 4) is 5.75 Å². The Labute approximate surface area is 112 Å². The Balaban J connectivity index is 2.45. The molecule has 0 aliphatic heterocycles. The van der Waals surface area contributed by atoms with Gasteiger partial charge in [0.05, 0.1) is 5.02 Å². The maximum Gasteiger partial charge on any atom is 0.344 e. The smallest absolute Gasteiger partial charge is 0.344 e. The standard InChI is InChI=1S/C10H9BrCl2O3/c11-3-4-15-10(14)6-16-9-2-1-7(12)5-8(9)13/h1-2,5H,3-4,6H2. The number of rotatable bonds is 5. The number of carbonyl (C=O) groups excluding carboxylic acids is 1. The summed E-state index contributed by atoms with van der Waals surface area (Å²) < 4.78 is 9.97. The molecule has 0 radical (unpaired) electrons. The van der Waals surface area contributed by atoms with E-state index in [0.717, 1.165) is 0 Å². The highest BCUT2D eigenvalue weighted by Gasteiger charge is 2.06. The summed E-state index contributed by atoms with van der Waals surface area (Å²) in [6, 6.07) is 4.78. The number of ether oxygens (including phenoxy) is 2. The summed E-state index contributed by atoms with van der Waals surface area (Å²) in [4.78, 5) is 11.1. The van der Waals surface area contributed by atoms with Crippen molar-refractivity contribution < 1.29 is 14.3 Å². The summed E-state index contributed by atoms with van der Waals surface area (Å²) in [5.74, 6) is -0.0349. The van der Waals surface area contributed by atoms with E-state index in [2.05, 4.69) is 15.9 Å². The molecule has 1 aromatic carbocycles. The van der Waals surface area contributed by atoms with Crippen LogP contribution >= 0.6 is 39.1 Å². The molecule has 0 unspecified atom stereocenters. The van der Waals surface area contributed by atoms with Gasteiger partial charge in [0.25, 0.3) is 0 Å². The van der Waals surface area contributed by atoms with Gasteiger partial charge >= 0.3 is 5.97 Å². The van der Waals surface area contributed by atoms with Gasteiger partial charge in [-0.1, -0.05) is 39.1 Å². The quantitative estimate of drug-likeness (QED) is 0.615. The third kappa shape index (κ3) is 4.60. The minimum absolute atomic E-state index is 0.172. The normalized spacial score (nSPS) is 9.94. The lowest BCUT2D eigenvalue weighted by atomic mass is 10.3. The van der Waals surface area contributed by atoms with Crippen molar-refractivity contribution in [1.82, 2.24) is 0 Å². The second kappa shape index (κ2) is 6.99. The molecule has 0 saturated heterocycles. The third-order valence-corrected chi connectivity index (χ3v) is 2.43. The van der Waals surface area contributed by atoms with E-state index in [-0.39, 0.29) is 6.61 Å². The molecule has 0 aliphatic rings. The fraction of sp³-hybridized carbons (Fsp3) is 0.300. The Morgan fingerprint density at radius 2 is 2.12 bits per heavy atom. The zero-order valence-corrected chi connectivity index (χ0v) is 11.3. The lowest BCUT2D eigenvalue weighted by molar-refractivity contribution is -0.145. The highest BCUT2D eigenvalue weighted by molar-refractivity contribution is 9.09. The first-order valence-corrected chi connectivity index (χ1v) is 6.30. The van der Waals surface area contributed by atoms with Crippen molar-refractivity contribution in [3.05, 3.63) is 28.2 Å². The molecule has 1 rings (SSSR count). The zero-order valence-electron chi connectivity index (χ0n) is 8.21. The molecule has 0 aromatic heterocycles. The van der Waals surface area contributed by atoms with Crippen molar-refractivity contribution in [2.24, 2.45) is 0 Å². The monoisotopic (exact) mass is 326 g/mol. The first-order chi connectivity index (χ1) is 7.63. The molecule has 0 fully saturated rings. The SMILES string of the molecule is O=C(COc1ccc(Cl)cc1Cl)OCCBr. The number of carbonyl (C=O) groups is 1. The Morgan fingerprint density at radius 1 is 1.38 bits per heavy atom. The second-order valence-corrected chi connectivity index (χ2v) is 4.41. The molecule has 0 spiro atoms. The van der Waals surface area contributed by atoms with Gasteiger partial charge in [0.1, 0.15) is 12.4 Å². The highest BCUT2D eigenvalue weighted by Crippen LogP contribution is 2.27. The lowest BCUT2D eigenvalue weighted by Gasteiger charge is -2.07. The van der Waals surface area contributed by atoms with Crippen molar-refractivity contribution in [3.63, 3.8) is 0 Å². The molecule has 1 aromatic rings. The average Bonchev–Trinajstić information content (AvgIpc) is 2.25. The number of esters is 1. The molecular formula is C10H9BrCl2O3. The summed E-state index contributed by atoms with van der Waals surface area (Å²) in [5.41, 5.74) is 0. The number of halogens is 3. The van der Waals surface area contributed by atoms with Gasteiger partial charge < -0.3 is 9.47 Å². The van der Waals surface area contributed by atoms with Gasteiger partial charge in [0.15, 0.2) is 6.61 Å². The maximum absolute atomic E-state index is 11.1. The van der Waals surface area contributed by atoms with Crippen LogP contribution in [-0.4, -0.2) is 24.5 Å². The first kappa shape index (κ1) is 13.6. The average molecular weight is 328 g/mol. The van der Waals surface area contributed by atoms with Gasteiger partial charge in [-0.2, -0.15) is 0 Å². The van der Waals surface area contributed by atoms with Crippen LogP contribution in [0.15, 0.2) is 18.2 Å². The Morgan fingerprint density at radius 3 is 2.75 bits per heavy atom. The number of benzene rings is 1. The largest absolute Gasteiger partial charge is 0.480 e. The zero-order chi connectivity index (χ0) is 12.0. The van der Waals surface area contributed by atoms with E-state index in [4.69, 9.17) is 32.7 Å². The van der Waals surface area contributed by atoms with Crippen molar-refractivity contribution >= 4 is 45.1 Å². The van der Waals surface area contributed by atoms with Crippen LogP contribution in [0.2, 0.25) is 10.0 Å². The van der Waals surface area contributed by atoms with Gasteiger partial charge in [-0.05, 0) is 18.2 Å². The van der Waals surface area contributed by atoms with E-state index < -0.39 is 5.97 Å². The van der Waals surface area contributed by atoms with Crippen LogP contribution in [0.4, 0.5) is 0 Å². The van der Waals surface area contributed by atoms with Crippen LogP contribution < -0.4 is 4.74 Å². The summed E-state index contributed by atoms with van der Waals surface area (Å²) in [6.07, 6.45) is 0. The molecule has 6 heteroatoms. The fourth-order valence-electron chi connectivity index (χ4n) is 0.923. The van der Waals surface area contributed by atoms with E-state index in [0.29, 0.717) is 27.7 Å². The molecule has 3 nitrogen and oxygen atoms in total. The van der Waals surface area contributed by atoms with Crippen molar-refractivity contribution in [2.75, 3.05) is 18.5 Å². The minimum Gasteiger partial charge on any atom is -0.480 e. The predicted octanol–water partition coefficient (Wildman–Crippen LogP) is 3.31. The fourth-order valence-corrected chi connectivity index (χ4v) is 1.55. The van der Waals surface area contributed by atoms with Crippen LogP contribution in [0.3, 0.4) is 0 Å². The van der Waals surface area contributed by atoms with E-state index in [1.807, 2.05) is 0 Å². The molecule has 0 amide bonds. The number of hydrogen-bond donors (Lipinski definition) is 0. The van der Waals surface area contributed by atoms with Gasteiger partial charge in [0.2, 0.25) is 0 Å². The molecule has 0 aliphatic carbocycles. The van der Waals surface area contributed by atoms with Crippen LogP contribution in [0, 0.1) is 0 Å². The molecular weight excluding hydrogens is 319 g/mol.